The number of halogens is 2. The van der Waals surface area contributed by atoms with Crippen LogP contribution < -0.4 is 18.1 Å². The van der Waals surface area contributed by atoms with Crippen molar-refractivity contribution >= 4 is 106 Å². The number of benzene rings is 1. The molecule has 714 valence electrons. The number of nitrogens with zero attached hydrogens (tertiary/aromatic N) is 8. The molecular formula is C91H153ClFN9O19S4. The number of esters is 2. The molecule has 0 radical (unpaired) electrons. The number of methoxy groups -OCH3 is 1. The number of carbonyl (C=O) groups is 10. The number of thiazole rings is 4. The largest absolute Gasteiger partial charge is 1.00 e. The van der Waals surface area contributed by atoms with E-state index in [-0.39, 0.29) is 127 Å². The Morgan fingerprint density at radius 2 is 0.920 bits per heavy atom. The number of aromatic carboxylic acids is 1. The standard InChI is InChI=1S/C18H32N2O3S.C18H30N2O3S.C17H28N2O5S.C13H19NO2.C12H23NO3.C7H9NO2S.C6H11FO.ClH/c2*1-9-13-12(4)24-16(19-13)15(21)10-14(11(2)3)20(8)17(22)23-18(5,6)7;1-9(2)11(19(7)16(23)24-17(4,5)6)8-12(20)14-18-13(15(21)22)10(3)25-14;1-10(13(15)16-2)8-12(14)9-11-6-4-3-5-7-11;1-9(2)10(7-8-14)13(6)11(15)16-12(3,4)5;1-5-7(8-4-11-5)3-10-6(2)9;1-4(2)5(3)6(7)8;/h11,14-15,21H,9-10H2,1-8H3;11,14H,9-10H2,1-8H3;9,11-12,20H,8H2,1-7H3,(H,21,22);3-7,10,12H,8-9,14H2,1-2H3;8-10H,7H2,1-6H3;4H,3H2,1-2H3;4-5H,1-3H3;1H/t14-,15-;14-;11-,12-;10-,12+;10-;;5-;/m11101.0./s1. The third-order valence-electron chi connectivity index (χ3n) is 19.0. The first-order valence-electron chi connectivity index (χ1n) is 42.3. The van der Waals surface area contributed by atoms with E-state index < -0.39 is 64.7 Å². The Bertz CT molecular complexity index is 4050. The summed E-state index contributed by atoms with van der Waals surface area (Å²) < 4.78 is 42.7. The van der Waals surface area contributed by atoms with Crippen molar-refractivity contribution in [1.82, 2.24) is 39.5 Å². The highest BCUT2D eigenvalue weighted by atomic mass is 35.5. The second kappa shape index (κ2) is 58.0. The number of aliphatic hydroxyl groups is 2. The van der Waals surface area contributed by atoms with Crippen molar-refractivity contribution in [2.45, 2.75) is 337 Å². The SMILES string of the molecule is CC(=O)OCc1ncsc1C.CC(C)[C@@H](CC=O)N(C)C(=O)OC(C)(C)C.CC(C)[C@H](C)C(=O)F.CCc1nc(C(=O)C[C@H](C(C)C)N(C)C(=O)OC(C)(C)C)sc1C.CCc1nc([C@H](O)C[C@H](C(C)C)N(C)C(=O)OC(C)(C)C)sc1C.COC(=O)[C@@H](C)C[C@@H]([NH3+])Cc1ccccc1.Cc1sc([C@H](O)C[C@H](C(C)C)N(C)C(=O)OC(C)(C)C)nc1C(=O)O.[Cl-]. The number of quaternary nitrogens is 1. The molecule has 4 heterocycles. The molecule has 6 N–H and O–H groups in total. The number of ketones is 1. The summed E-state index contributed by atoms with van der Waals surface area (Å²) in [7, 11) is 8.16. The third-order valence-corrected chi connectivity index (χ3v) is 23.1. The molecule has 125 heavy (non-hydrogen) atoms. The number of carboxylic acids is 1. The van der Waals surface area contributed by atoms with E-state index in [1.807, 2.05) is 184 Å². The maximum atomic E-state index is 12.6. The average molecular weight is 1860 g/mol. The summed E-state index contributed by atoms with van der Waals surface area (Å²) in [6, 6.07) is 8.52. The Morgan fingerprint density at radius 1 is 0.536 bits per heavy atom. The lowest BCUT2D eigenvalue weighted by molar-refractivity contribution is -0.422. The van der Waals surface area contributed by atoms with Crippen molar-refractivity contribution in [3.8, 4) is 0 Å². The molecule has 5 aromatic rings. The number of carboxylic acid groups (broad SMARTS) is 1. The zero-order valence-corrected chi connectivity index (χ0v) is 85.6. The Kier molecular flexibility index (Phi) is 56.4. The lowest BCUT2D eigenvalue weighted by Gasteiger charge is -2.34. The molecule has 0 saturated carbocycles. The van der Waals surface area contributed by atoms with Crippen molar-refractivity contribution in [2.75, 3.05) is 35.3 Å². The van der Waals surface area contributed by atoms with Crippen molar-refractivity contribution in [1.29, 1.82) is 0 Å². The van der Waals surface area contributed by atoms with Gasteiger partial charge in [0.15, 0.2) is 16.5 Å². The predicted octanol–water partition coefficient (Wildman–Crippen LogP) is 16.1. The summed E-state index contributed by atoms with van der Waals surface area (Å²) in [5.41, 5.74) is 7.72. The third kappa shape index (κ3) is 48.9. The van der Waals surface area contributed by atoms with Gasteiger partial charge in [-0.2, -0.15) is 4.39 Å². The summed E-state index contributed by atoms with van der Waals surface area (Å²) in [5.74, 6) is -1.30. The lowest BCUT2D eigenvalue weighted by atomic mass is 9.97. The zero-order valence-electron chi connectivity index (χ0n) is 81.5. The summed E-state index contributed by atoms with van der Waals surface area (Å²) in [6.07, 6.45) is 2.25. The van der Waals surface area contributed by atoms with Gasteiger partial charge in [-0.3, -0.25) is 19.2 Å². The number of hydrogen-bond donors (Lipinski definition) is 4. The van der Waals surface area contributed by atoms with Crippen LogP contribution in [0.4, 0.5) is 23.6 Å². The molecule has 0 unspecified atom stereocenters. The van der Waals surface area contributed by atoms with E-state index >= 15 is 0 Å². The average Bonchev–Trinajstić information content (AvgIpc) is 1.74. The van der Waals surface area contributed by atoms with Gasteiger partial charge in [0.05, 0.1) is 41.7 Å². The number of aryl methyl sites for hydroxylation is 6. The van der Waals surface area contributed by atoms with E-state index in [9.17, 15) is 62.5 Å². The second-order valence-corrected chi connectivity index (χ2v) is 41.1. The van der Waals surface area contributed by atoms with Gasteiger partial charge in [-0.25, -0.2) is 43.9 Å². The summed E-state index contributed by atoms with van der Waals surface area (Å²) in [4.78, 5) is 142. The minimum absolute atomic E-state index is 0. The first-order valence-corrected chi connectivity index (χ1v) is 45.6. The number of Topliss-reactive ketones (excluding diaryl/α,β-unsaturated/α-hetero) is 1. The normalized spacial score (nSPS) is 13.4. The Morgan fingerprint density at radius 3 is 1.23 bits per heavy atom. The van der Waals surface area contributed by atoms with Crippen LogP contribution in [0.25, 0.3) is 0 Å². The molecule has 0 fully saturated rings. The molecule has 0 bridgehead atoms. The monoisotopic (exact) mass is 1860 g/mol. The molecule has 28 nitrogen and oxygen atoms in total. The van der Waals surface area contributed by atoms with Crippen molar-refractivity contribution in [3.63, 3.8) is 0 Å². The number of amides is 4. The van der Waals surface area contributed by atoms with E-state index in [1.165, 1.54) is 57.0 Å². The van der Waals surface area contributed by atoms with Crippen LogP contribution in [0.3, 0.4) is 0 Å². The fraction of sp³-hybridized carbons (Fsp3) is 0.692. The number of carbonyl (C=O) groups excluding carboxylic acids is 9. The highest BCUT2D eigenvalue weighted by molar-refractivity contribution is 7.13. The van der Waals surface area contributed by atoms with Crippen LogP contribution in [0.15, 0.2) is 35.8 Å². The lowest BCUT2D eigenvalue weighted by Crippen LogP contribution is -3.00. The smallest absolute Gasteiger partial charge is 0.410 e. The molecule has 0 aliphatic carbocycles. The van der Waals surface area contributed by atoms with E-state index in [2.05, 4.69) is 44.7 Å². The predicted molar refractivity (Wildman–Crippen MR) is 491 cm³/mol. The first-order chi connectivity index (χ1) is 56.8. The highest BCUT2D eigenvalue weighted by Crippen LogP contribution is 2.33. The van der Waals surface area contributed by atoms with E-state index in [1.54, 1.807) is 84.6 Å². The minimum atomic E-state index is -1.21. The molecule has 0 aliphatic heterocycles. The number of ether oxygens (including phenoxy) is 6. The fourth-order valence-electron chi connectivity index (χ4n) is 11.6. The molecule has 4 aromatic heterocycles. The van der Waals surface area contributed by atoms with Gasteiger partial charge in [0.1, 0.15) is 57.5 Å². The van der Waals surface area contributed by atoms with Gasteiger partial charge in [-0.15, -0.1) is 45.3 Å². The number of aliphatic hydroxyl groups excluding tert-OH is 2. The molecule has 0 spiro atoms. The number of rotatable bonds is 31. The first kappa shape index (κ1) is 121. The molecule has 9 atom stereocenters. The van der Waals surface area contributed by atoms with Gasteiger partial charge in [0.2, 0.25) is 0 Å². The van der Waals surface area contributed by atoms with Crippen LogP contribution in [0.5, 0.6) is 0 Å². The van der Waals surface area contributed by atoms with Crippen LogP contribution in [0, 0.1) is 69.1 Å². The maximum absolute atomic E-state index is 12.6. The van der Waals surface area contributed by atoms with Crippen LogP contribution in [0.2, 0.25) is 0 Å². The van der Waals surface area contributed by atoms with Crippen LogP contribution in [-0.4, -0.2) is 203 Å². The van der Waals surface area contributed by atoms with Gasteiger partial charge in [0, 0.05) is 123 Å². The van der Waals surface area contributed by atoms with Gasteiger partial charge in [-0.1, -0.05) is 127 Å². The number of aromatic nitrogens is 4. The zero-order chi connectivity index (χ0) is 96.7. The van der Waals surface area contributed by atoms with Crippen molar-refractivity contribution in [3.05, 3.63) is 98.7 Å². The Labute approximate surface area is 767 Å². The topological polar surface area (TPSA) is 379 Å². The number of hydrogen-bond acceptors (Lipinski definition) is 26. The van der Waals surface area contributed by atoms with E-state index in [0.29, 0.717) is 34.3 Å². The molecular weight excluding hydrogens is 1710 g/mol. The molecule has 0 saturated heterocycles. The molecule has 5 rings (SSSR count). The molecule has 4 amide bonds. The van der Waals surface area contributed by atoms with Gasteiger partial charge < -0.3 is 86.3 Å². The summed E-state index contributed by atoms with van der Waals surface area (Å²) in [5, 5.41) is 31.8. The van der Waals surface area contributed by atoms with Crippen LogP contribution in [0.1, 0.15) is 304 Å². The summed E-state index contributed by atoms with van der Waals surface area (Å²) >= 11 is 5.68. The van der Waals surface area contributed by atoms with Crippen molar-refractivity contribution in [2.24, 2.45) is 41.4 Å². The van der Waals surface area contributed by atoms with Crippen molar-refractivity contribution < 1.29 is 114 Å². The fourth-order valence-corrected chi connectivity index (χ4v) is 15.1. The van der Waals surface area contributed by atoms with Crippen LogP contribution in [-0.2, 0) is 73.5 Å². The van der Waals surface area contributed by atoms with Gasteiger partial charge in [-0.05, 0) is 159 Å². The molecule has 0 aliphatic rings. The Balaban J connectivity index is -0.00000142. The van der Waals surface area contributed by atoms with Gasteiger partial charge in [0.25, 0.3) is 0 Å². The molecule has 1 aromatic carbocycles. The molecule has 34 heteroatoms. The highest BCUT2D eigenvalue weighted by Gasteiger charge is 2.35. The summed E-state index contributed by atoms with van der Waals surface area (Å²) in [6.45, 7) is 58.4. The maximum Gasteiger partial charge on any atom is 0.410 e. The number of aldehydes is 1. The van der Waals surface area contributed by atoms with Gasteiger partial charge >= 0.3 is 48.3 Å². The van der Waals surface area contributed by atoms with E-state index in [0.717, 1.165) is 80.0 Å². The second-order valence-electron chi connectivity index (χ2n) is 36.4. The quantitative estimate of drug-likeness (QED) is 0.0105. The van der Waals surface area contributed by atoms with E-state index in [4.69, 9.17) is 33.5 Å². The Hall–Kier alpha value is -7.66. The minimum Gasteiger partial charge on any atom is -1.00 e. The van der Waals surface area contributed by atoms with Crippen LogP contribution >= 0.6 is 45.3 Å².